The molecule has 0 N–H and O–H groups in total. The van der Waals surface area contributed by atoms with Crippen LogP contribution >= 0.6 is 11.6 Å². The van der Waals surface area contributed by atoms with Crippen molar-refractivity contribution >= 4 is 11.6 Å². The molecule has 0 aliphatic heterocycles. The third-order valence-electron chi connectivity index (χ3n) is 2.75. The van der Waals surface area contributed by atoms with Gasteiger partial charge in [-0.05, 0) is 35.6 Å². The van der Waals surface area contributed by atoms with Gasteiger partial charge < -0.3 is 0 Å². The third kappa shape index (κ3) is 4.19. The van der Waals surface area contributed by atoms with E-state index in [1.165, 1.54) is 16.7 Å². The monoisotopic (exact) mass is 260 g/mol. The Labute approximate surface area is 116 Å². The van der Waals surface area contributed by atoms with E-state index < -0.39 is 0 Å². The minimum Gasteiger partial charge on any atom is -0.0840 e. The molecule has 0 amide bonds. The summed E-state index contributed by atoms with van der Waals surface area (Å²) in [6.07, 6.45) is 1.99. The zero-order valence-electron chi connectivity index (χ0n) is 11.4. The summed E-state index contributed by atoms with van der Waals surface area (Å²) >= 11 is 6.15. The van der Waals surface area contributed by atoms with Crippen LogP contribution in [0.25, 0.3) is 0 Å². The fourth-order valence-electron chi connectivity index (χ4n) is 1.82. The van der Waals surface area contributed by atoms with Gasteiger partial charge in [-0.25, -0.2) is 0 Å². The van der Waals surface area contributed by atoms with Crippen LogP contribution < -0.4 is 0 Å². The van der Waals surface area contributed by atoms with Crippen molar-refractivity contribution in [1.82, 2.24) is 0 Å². The molecule has 0 aliphatic carbocycles. The SMILES string of the molecule is CC.CCc1cccc(Cc2ccccc2Cl)c1. The zero-order chi connectivity index (χ0) is 13.4. The van der Waals surface area contributed by atoms with E-state index in [0.717, 1.165) is 17.9 Å². The molecule has 0 saturated heterocycles. The predicted octanol–water partition coefficient (Wildman–Crippen LogP) is 5.52. The minimum atomic E-state index is 0.851. The van der Waals surface area contributed by atoms with Gasteiger partial charge in [0, 0.05) is 5.02 Å². The molecule has 0 saturated carbocycles. The molecule has 0 atom stereocenters. The molecule has 1 heteroatoms. The molecule has 2 aromatic carbocycles. The van der Waals surface area contributed by atoms with Crippen molar-refractivity contribution < 1.29 is 0 Å². The third-order valence-corrected chi connectivity index (χ3v) is 3.12. The van der Waals surface area contributed by atoms with E-state index in [4.69, 9.17) is 11.6 Å². The van der Waals surface area contributed by atoms with Gasteiger partial charge in [0.25, 0.3) is 0 Å². The van der Waals surface area contributed by atoms with Gasteiger partial charge in [-0.2, -0.15) is 0 Å². The van der Waals surface area contributed by atoms with Crippen molar-refractivity contribution in [2.75, 3.05) is 0 Å². The molecule has 0 bridgehead atoms. The quantitative estimate of drug-likeness (QED) is 0.682. The molecular formula is C17H21Cl. The summed E-state index contributed by atoms with van der Waals surface area (Å²) in [6, 6.07) is 16.7. The molecule has 18 heavy (non-hydrogen) atoms. The highest BCUT2D eigenvalue weighted by Gasteiger charge is 2.01. The lowest BCUT2D eigenvalue weighted by atomic mass is 10.0. The number of hydrogen-bond acceptors (Lipinski definition) is 0. The summed E-state index contributed by atoms with van der Waals surface area (Å²) in [5.74, 6) is 0. The van der Waals surface area contributed by atoms with Crippen molar-refractivity contribution in [2.45, 2.75) is 33.6 Å². The number of benzene rings is 2. The Morgan fingerprint density at radius 2 is 1.56 bits per heavy atom. The van der Waals surface area contributed by atoms with Crippen molar-refractivity contribution in [3.05, 3.63) is 70.2 Å². The van der Waals surface area contributed by atoms with Crippen molar-refractivity contribution in [2.24, 2.45) is 0 Å². The van der Waals surface area contributed by atoms with Gasteiger partial charge in [-0.3, -0.25) is 0 Å². The van der Waals surface area contributed by atoms with E-state index in [9.17, 15) is 0 Å². The average Bonchev–Trinajstić information content (AvgIpc) is 2.44. The lowest BCUT2D eigenvalue weighted by Crippen LogP contribution is -1.90. The van der Waals surface area contributed by atoms with Crippen molar-refractivity contribution in [3.63, 3.8) is 0 Å². The van der Waals surface area contributed by atoms with Crippen LogP contribution in [0.1, 0.15) is 37.5 Å². The summed E-state index contributed by atoms with van der Waals surface area (Å²) in [6.45, 7) is 6.18. The summed E-state index contributed by atoms with van der Waals surface area (Å²) in [4.78, 5) is 0. The first-order chi connectivity index (χ1) is 8.79. The molecule has 0 aromatic heterocycles. The first-order valence-electron chi connectivity index (χ1n) is 6.61. The first kappa shape index (κ1) is 14.8. The maximum Gasteiger partial charge on any atom is 0.0441 e. The summed E-state index contributed by atoms with van der Waals surface area (Å²) in [5.41, 5.74) is 3.90. The van der Waals surface area contributed by atoms with Crippen LogP contribution in [-0.2, 0) is 12.8 Å². The highest BCUT2D eigenvalue weighted by Crippen LogP contribution is 2.19. The molecule has 0 radical (unpaired) electrons. The van der Waals surface area contributed by atoms with Gasteiger partial charge in [-0.1, -0.05) is 74.8 Å². The van der Waals surface area contributed by atoms with E-state index in [0.29, 0.717) is 0 Å². The molecule has 0 fully saturated rings. The highest BCUT2D eigenvalue weighted by molar-refractivity contribution is 6.31. The smallest absolute Gasteiger partial charge is 0.0441 e. The second-order valence-corrected chi connectivity index (χ2v) is 4.35. The van der Waals surface area contributed by atoms with Gasteiger partial charge >= 0.3 is 0 Å². The van der Waals surface area contributed by atoms with Crippen LogP contribution in [0.4, 0.5) is 0 Å². The van der Waals surface area contributed by atoms with Gasteiger partial charge in [0.2, 0.25) is 0 Å². The summed E-state index contributed by atoms with van der Waals surface area (Å²) in [7, 11) is 0. The van der Waals surface area contributed by atoms with Crippen molar-refractivity contribution in [3.8, 4) is 0 Å². The van der Waals surface area contributed by atoms with Crippen LogP contribution in [0.5, 0.6) is 0 Å². The summed E-state index contributed by atoms with van der Waals surface area (Å²) in [5, 5.41) is 0.851. The minimum absolute atomic E-state index is 0.851. The molecule has 2 rings (SSSR count). The van der Waals surface area contributed by atoms with Gasteiger partial charge in [0.15, 0.2) is 0 Å². The predicted molar refractivity (Wildman–Crippen MR) is 81.4 cm³/mol. The number of aryl methyl sites for hydroxylation is 1. The topological polar surface area (TPSA) is 0 Å². The second kappa shape index (κ2) is 7.94. The van der Waals surface area contributed by atoms with Crippen LogP contribution in [0.3, 0.4) is 0 Å². The zero-order valence-corrected chi connectivity index (χ0v) is 12.2. The molecule has 0 unspecified atom stereocenters. The molecule has 2 aromatic rings. The van der Waals surface area contributed by atoms with E-state index in [1.54, 1.807) is 0 Å². The van der Waals surface area contributed by atoms with E-state index >= 15 is 0 Å². The van der Waals surface area contributed by atoms with Gasteiger partial charge in [0.1, 0.15) is 0 Å². The maximum atomic E-state index is 6.15. The number of rotatable bonds is 3. The molecular weight excluding hydrogens is 240 g/mol. The Balaban J connectivity index is 0.000000771. The Morgan fingerprint density at radius 1 is 0.889 bits per heavy atom. The lowest BCUT2D eigenvalue weighted by molar-refractivity contribution is 1.11. The van der Waals surface area contributed by atoms with Gasteiger partial charge in [0.05, 0.1) is 0 Å². The summed E-state index contributed by atoms with van der Waals surface area (Å²) < 4.78 is 0. The molecule has 0 heterocycles. The van der Waals surface area contributed by atoms with E-state index in [-0.39, 0.29) is 0 Å². The van der Waals surface area contributed by atoms with E-state index in [1.807, 2.05) is 32.0 Å². The van der Waals surface area contributed by atoms with Crippen LogP contribution in [0.2, 0.25) is 5.02 Å². The molecule has 96 valence electrons. The highest BCUT2D eigenvalue weighted by atomic mass is 35.5. The van der Waals surface area contributed by atoms with Gasteiger partial charge in [-0.15, -0.1) is 0 Å². The standard InChI is InChI=1S/C15H15Cl.C2H6/c1-2-12-6-5-7-13(10-12)11-14-8-3-4-9-15(14)16;1-2/h3-10H,2,11H2,1H3;1-2H3. The second-order valence-electron chi connectivity index (χ2n) is 3.94. The maximum absolute atomic E-state index is 6.15. The first-order valence-corrected chi connectivity index (χ1v) is 6.98. The normalized spacial score (nSPS) is 9.56. The average molecular weight is 261 g/mol. The Hall–Kier alpha value is -1.27. The van der Waals surface area contributed by atoms with Crippen LogP contribution in [0, 0.1) is 0 Å². The lowest BCUT2D eigenvalue weighted by Gasteiger charge is -2.05. The molecule has 0 aliphatic rings. The fraction of sp³-hybridized carbons (Fsp3) is 0.294. The largest absolute Gasteiger partial charge is 0.0840 e. The van der Waals surface area contributed by atoms with Crippen LogP contribution in [0.15, 0.2) is 48.5 Å². The number of hydrogen-bond donors (Lipinski definition) is 0. The fourth-order valence-corrected chi connectivity index (χ4v) is 2.02. The Kier molecular flexibility index (Phi) is 6.53. The Morgan fingerprint density at radius 3 is 2.22 bits per heavy atom. The van der Waals surface area contributed by atoms with Crippen molar-refractivity contribution in [1.29, 1.82) is 0 Å². The molecule has 0 nitrogen and oxygen atoms in total. The van der Waals surface area contributed by atoms with Crippen LogP contribution in [-0.4, -0.2) is 0 Å². The molecule has 0 spiro atoms. The number of halogens is 1. The van der Waals surface area contributed by atoms with E-state index in [2.05, 4.69) is 37.3 Å². The Bertz CT molecular complexity index is 475.